The summed E-state index contributed by atoms with van der Waals surface area (Å²) in [6.07, 6.45) is 2.45. The van der Waals surface area contributed by atoms with Gasteiger partial charge >= 0.3 is 0 Å². The van der Waals surface area contributed by atoms with Crippen molar-refractivity contribution in [3.8, 4) is 0 Å². The molecule has 0 unspecified atom stereocenters. The first-order valence-electron chi connectivity index (χ1n) is 10.5. The molecule has 1 aromatic heterocycles. The second-order valence-electron chi connectivity index (χ2n) is 8.06. The average Bonchev–Trinajstić information content (AvgIpc) is 2.75. The Bertz CT molecular complexity index is 1040. The number of aryl methyl sites for hydroxylation is 2. The van der Waals surface area contributed by atoms with E-state index in [0.717, 1.165) is 59.9 Å². The van der Waals surface area contributed by atoms with Crippen LogP contribution in [-0.2, 0) is 11.2 Å². The van der Waals surface area contributed by atoms with Crippen molar-refractivity contribution in [2.24, 2.45) is 5.92 Å². The van der Waals surface area contributed by atoms with Crippen LogP contribution in [0.25, 0.3) is 10.9 Å². The molecular weight excluding hydrogens is 396 g/mol. The molecule has 0 radical (unpaired) electrons. The van der Waals surface area contributed by atoms with Crippen LogP contribution in [0.5, 0.6) is 0 Å². The highest BCUT2D eigenvalue weighted by Crippen LogP contribution is 2.24. The molecule has 0 aliphatic carbocycles. The van der Waals surface area contributed by atoms with Crippen LogP contribution in [0, 0.1) is 19.8 Å². The summed E-state index contributed by atoms with van der Waals surface area (Å²) < 4.78 is 0. The van der Waals surface area contributed by atoms with Gasteiger partial charge in [-0.15, -0.1) is 0 Å². The lowest BCUT2D eigenvalue weighted by Crippen LogP contribution is -2.41. The number of halogens is 1. The van der Waals surface area contributed by atoms with Gasteiger partial charge in [0.2, 0.25) is 11.9 Å². The fourth-order valence-electron chi connectivity index (χ4n) is 3.99. The van der Waals surface area contributed by atoms with Crippen LogP contribution >= 0.6 is 11.6 Å². The highest BCUT2D eigenvalue weighted by molar-refractivity contribution is 6.30. The highest BCUT2D eigenvalue weighted by Gasteiger charge is 2.26. The molecule has 156 valence electrons. The van der Waals surface area contributed by atoms with Crippen LogP contribution in [0.1, 0.15) is 29.7 Å². The number of piperidine rings is 1. The van der Waals surface area contributed by atoms with Crippen molar-refractivity contribution in [2.75, 3.05) is 24.5 Å². The number of hydrogen-bond acceptors (Lipinski definition) is 4. The Kier molecular flexibility index (Phi) is 6.18. The number of anilines is 1. The maximum atomic E-state index is 12.6. The van der Waals surface area contributed by atoms with E-state index >= 15 is 0 Å². The number of carbonyl (C=O) groups is 1. The maximum Gasteiger partial charge on any atom is 0.226 e. The molecule has 2 heterocycles. The quantitative estimate of drug-likeness (QED) is 0.658. The first-order chi connectivity index (χ1) is 14.5. The Morgan fingerprint density at radius 2 is 1.83 bits per heavy atom. The molecule has 3 aromatic rings. The predicted octanol–water partition coefficient (Wildman–Crippen LogP) is 4.48. The monoisotopic (exact) mass is 422 g/mol. The lowest BCUT2D eigenvalue weighted by Gasteiger charge is -2.31. The molecule has 1 aliphatic rings. The Morgan fingerprint density at radius 1 is 1.10 bits per heavy atom. The van der Waals surface area contributed by atoms with Crippen LogP contribution in [0.4, 0.5) is 5.95 Å². The molecule has 1 amide bonds. The van der Waals surface area contributed by atoms with E-state index in [9.17, 15) is 4.79 Å². The van der Waals surface area contributed by atoms with Crippen LogP contribution in [0.2, 0.25) is 5.02 Å². The highest BCUT2D eigenvalue weighted by atomic mass is 35.5. The van der Waals surface area contributed by atoms with Gasteiger partial charge < -0.3 is 10.2 Å². The summed E-state index contributed by atoms with van der Waals surface area (Å²) in [5.41, 5.74) is 4.35. The molecule has 6 heteroatoms. The summed E-state index contributed by atoms with van der Waals surface area (Å²) >= 11 is 5.92. The fraction of sp³-hybridized carbons (Fsp3) is 0.375. The third kappa shape index (κ3) is 4.73. The molecule has 0 saturated carbocycles. The largest absolute Gasteiger partial charge is 0.356 e. The lowest BCUT2D eigenvalue weighted by atomic mass is 9.96. The number of carbonyl (C=O) groups excluding carboxylic acids is 1. The summed E-state index contributed by atoms with van der Waals surface area (Å²) in [6, 6.07) is 14.0. The molecule has 0 atom stereocenters. The average molecular weight is 423 g/mol. The first-order valence-corrected chi connectivity index (χ1v) is 10.9. The van der Waals surface area contributed by atoms with Gasteiger partial charge in [0, 0.05) is 36.0 Å². The van der Waals surface area contributed by atoms with E-state index in [-0.39, 0.29) is 11.8 Å². The fourth-order valence-corrected chi connectivity index (χ4v) is 4.12. The van der Waals surface area contributed by atoms with E-state index in [1.165, 1.54) is 11.1 Å². The summed E-state index contributed by atoms with van der Waals surface area (Å²) in [5, 5.41) is 4.92. The maximum absolute atomic E-state index is 12.6. The molecule has 1 saturated heterocycles. The minimum Gasteiger partial charge on any atom is -0.356 e. The molecule has 1 N–H and O–H groups in total. The summed E-state index contributed by atoms with van der Waals surface area (Å²) in [5.74, 6) is 0.970. The zero-order valence-corrected chi connectivity index (χ0v) is 18.2. The number of fused-ring (bicyclic) bond motifs is 1. The summed E-state index contributed by atoms with van der Waals surface area (Å²) in [6.45, 7) is 6.35. The van der Waals surface area contributed by atoms with Crippen LogP contribution in [0.15, 0.2) is 42.5 Å². The van der Waals surface area contributed by atoms with E-state index in [1.54, 1.807) is 0 Å². The summed E-state index contributed by atoms with van der Waals surface area (Å²) in [7, 11) is 0. The predicted molar refractivity (Wildman–Crippen MR) is 122 cm³/mol. The zero-order valence-electron chi connectivity index (χ0n) is 17.5. The van der Waals surface area contributed by atoms with Gasteiger partial charge in [-0.05, 0) is 62.4 Å². The van der Waals surface area contributed by atoms with Gasteiger partial charge in [0.15, 0.2) is 0 Å². The number of aromatic nitrogens is 2. The number of amides is 1. The molecule has 0 bridgehead atoms. The van der Waals surface area contributed by atoms with Gasteiger partial charge in [-0.2, -0.15) is 0 Å². The van der Waals surface area contributed by atoms with Gasteiger partial charge in [-0.3, -0.25) is 4.79 Å². The molecule has 0 spiro atoms. The summed E-state index contributed by atoms with van der Waals surface area (Å²) in [4.78, 5) is 24.3. The molecule has 30 heavy (non-hydrogen) atoms. The Hall–Kier alpha value is -2.66. The smallest absolute Gasteiger partial charge is 0.226 e. The number of nitrogens with one attached hydrogen (secondary N) is 1. The van der Waals surface area contributed by atoms with Crippen LogP contribution in [-0.4, -0.2) is 35.5 Å². The van der Waals surface area contributed by atoms with Crippen molar-refractivity contribution in [1.29, 1.82) is 0 Å². The molecule has 5 nitrogen and oxygen atoms in total. The van der Waals surface area contributed by atoms with Gasteiger partial charge in [-0.1, -0.05) is 35.9 Å². The van der Waals surface area contributed by atoms with Gasteiger partial charge in [0.05, 0.1) is 11.2 Å². The van der Waals surface area contributed by atoms with Gasteiger partial charge in [-0.25, -0.2) is 9.97 Å². The van der Waals surface area contributed by atoms with Crippen LogP contribution in [0.3, 0.4) is 0 Å². The molecule has 4 rings (SSSR count). The van der Waals surface area contributed by atoms with E-state index in [0.29, 0.717) is 6.54 Å². The third-order valence-corrected chi connectivity index (χ3v) is 6.06. The normalized spacial score (nSPS) is 14.8. The third-order valence-electron chi connectivity index (χ3n) is 5.81. The number of hydrogen-bond donors (Lipinski definition) is 1. The Balaban J connectivity index is 1.31. The van der Waals surface area contributed by atoms with Crippen molar-refractivity contribution < 1.29 is 4.79 Å². The van der Waals surface area contributed by atoms with Crippen molar-refractivity contribution in [3.05, 3.63) is 64.3 Å². The molecular formula is C24H27ClN4O. The van der Waals surface area contributed by atoms with E-state index in [2.05, 4.69) is 35.3 Å². The second kappa shape index (κ2) is 9.00. The zero-order chi connectivity index (χ0) is 21.1. The van der Waals surface area contributed by atoms with Crippen molar-refractivity contribution >= 4 is 34.4 Å². The Labute approximate surface area is 182 Å². The minimum absolute atomic E-state index is 0.0512. The second-order valence-corrected chi connectivity index (χ2v) is 8.49. The topological polar surface area (TPSA) is 58.1 Å². The first kappa shape index (κ1) is 20.6. The van der Waals surface area contributed by atoms with Crippen LogP contribution < -0.4 is 10.2 Å². The Morgan fingerprint density at radius 3 is 2.57 bits per heavy atom. The van der Waals surface area contributed by atoms with E-state index in [4.69, 9.17) is 21.6 Å². The number of nitrogens with zero attached hydrogens (tertiary/aromatic N) is 3. The number of benzene rings is 2. The molecule has 1 fully saturated rings. The lowest BCUT2D eigenvalue weighted by molar-refractivity contribution is -0.125. The van der Waals surface area contributed by atoms with Crippen molar-refractivity contribution in [3.63, 3.8) is 0 Å². The SMILES string of the molecule is Cc1ccc2c(C)nc(N3CCC(C(=O)NCCc4ccc(Cl)cc4)CC3)nc2c1. The standard InChI is InChI=1S/C24H27ClN4O/c1-16-3-8-21-17(2)27-24(28-22(21)15-16)29-13-10-19(11-14-29)23(30)26-12-9-18-4-6-20(25)7-5-18/h3-8,15,19H,9-14H2,1-2H3,(H,26,30). The van der Waals surface area contributed by atoms with Gasteiger partial charge in [0.1, 0.15) is 0 Å². The number of rotatable bonds is 5. The van der Waals surface area contributed by atoms with Crippen molar-refractivity contribution in [1.82, 2.24) is 15.3 Å². The molecule has 1 aliphatic heterocycles. The van der Waals surface area contributed by atoms with Crippen molar-refractivity contribution in [2.45, 2.75) is 33.1 Å². The minimum atomic E-state index is 0.0512. The van der Waals surface area contributed by atoms with E-state index < -0.39 is 0 Å². The van der Waals surface area contributed by atoms with E-state index in [1.807, 2.05) is 31.2 Å². The van der Waals surface area contributed by atoms with Gasteiger partial charge in [0.25, 0.3) is 0 Å². The molecule has 2 aromatic carbocycles.